The number of hydrogen-bond acceptors (Lipinski definition) is 5. The van der Waals surface area contributed by atoms with Crippen LogP contribution in [0, 0.1) is 5.92 Å². The van der Waals surface area contributed by atoms with Crippen molar-refractivity contribution in [3.05, 3.63) is 0 Å². The van der Waals surface area contributed by atoms with Crippen molar-refractivity contribution >= 4 is 39.7 Å². The Hall–Kier alpha value is -0.550. The molecule has 4 nitrogen and oxygen atoms in total. The third-order valence-corrected chi connectivity index (χ3v) is 2.58. The Kier molecular flexibility index (Phi) is 6.57. The van der Waals surface area contributed by atoms with Gasteiger partial charge in [0.1, 0.15) is 6.61 Å². The van der Waals surface area contributed by atoms with Gasteiger partial charge in [0.2, 0.25) is 5.24 Å². The second-order valence-corrected chi connectivity index (χ2v) is 4.18. The molecule has 0 aliphatic heterocycles. The first-order chi connectivity index (χ1) is 6.43. The van der Waals surface area contributed by atoms with Gasteiger partial charge in [0, 0.05) is 19.6 Å². The second-order valence-electron chi connectivity index (χ2n) is 2.61. The van der Waals surface area contributed by atoms with Crippen LogP contribution in [0.25, 0.3) is 0 Å². The Morgan fingerprint density at radius 2 is 1.93 bits per heavy atom. The zero-order chi connectivity index (χ0) is 11.1. The van der Waals surface area contributed by atoms with Crippen molar-refractivity contribution in [1.82, 2.24) is 0 Å². The van der Waals surface area contributed by atoms with E-state index < -0.39 is 17.1 Å². The molecule has 0 bridgehead atoms. The molecule has 0 aromatic carbocycles. The zero-order valence-electron chi connectivity index (χ0n) is 7.91. The van der Waals surface area contributed by atoms with Crippen molar-refractivity contribution in [3.63, 3.8) is 0 Å². The Balaban J connectivity index is 3.96. The Morgan fingerprint density at radius 3 is 2.29 bits per heavy atom. The maximum absolute atomic E-state index is 10.8. The quantitative estimate of drug-likeness (QED) is 0.532. The molecule has 0 aromatic rings. The topological polar surface area (TPSA) is 60.4 Å². The predicted octanol–water partition coefficient (Wildman–Crippen LogP) is 1.21. The van der Waals surface area contributed by atoms with E-state index in [-0.39, 0.29) is 17.5 Å². The normalized spacial score (nSPS) is 11.9. The molecule has 0 heterocycles. The minimum atomic E-state index is -0.616. The summed E-state index contributed by atoms with van der Waals surface area (Å²) in [4.78, 5) is 31.9. The SMILES string of the molecule is CC(=O)OCC(CSC(C)=O)C(=O)Cl. The van der Waals surface area contributed by atoms with Crippen LogP contribution in [0.5, 0.6) is 0 Å². The molecular weight excluding hydrogens is 228 g/mol. The van der Waals surface area contributed by atoms with E-state index in [0.29, 0.717) is 0 Å². The fraction of sp³-hybridized carbons (Fsp3) is 0.625. The lowest BCUT2D eigenvalue weighted by Crippen LogP contribution is -2.20. The number of esters is 1. The number of rotatable bonds is 5. The van der Waals surface area contributed by atoms with E-state index in [1.807, 2.05) is 0 Å². The summed E-state index contributed by atoms with van der Waals surface area (Å²) in [6.45, 7) is 2.57. The summed E-state index contributed by atoms with van der Waals surface area (Å²) in [5, 5.41) is -0.698. The summed E-state index contributed by atoms with van der Waals surface area (Å²) in [6, 6.07) is 0. The smallest absolute Gasteiger partial charge is 0.302 e. The van der Waals surface area contributed by atoms with Crippen molar-refractivity contribution in [2.24, 2.45) is 5.92 Å². The minimum absolute atomic E-state index is 0.0715. The van der Waals surface area contributed by atoms with Gasteiger partial charge in [-0.1, -0.05) is 11.8 Å². The molecule has 1 atom stereocenters. The van der Waals surface area contributed by atoms with E-state index in [0.717, 1.165) is 11.8 Å². The van der Waals surface area contributed by atoms with Gasteiger partial charge in [-0.2, -0.15) is 0 Å². The third kappa shape index (κ3) is 6.91. The molecule has 0 N–H and O–H groups in total. The minimum Gasteiger partial charge on any atom is -0.465 e. The highest BCUT2D eigenvalue weighted by atomic mass is 35.5. The average molecular weight is 239 g/mol. The molecule has 0 amide bonds. The first kappa shape index (κ1) is 13.4. The van der Waals surface area contributed by atoms with Crippen LogP contribution < -0.4 is 0 Å². The van der Waals surface area contributed by atoms with Crippen LogP contribution in [-0.2, 0) is 19.1 Å². The van der Waals surface area contributed by atoms with Crippen LogP contribution in [0.15, 0.2) is 0 Å². The van der Waals surface area contributed by atoms with Gasteiger partial charge in [-0.15, -0.1) is 0 Å². The van der Waals surface area contributed by atoms with E-state index >= 15 is 0 Å². The zero-order valence-corrected chi connectivity index (χ0v) is 9.48. The lowest BCUT2D eigenvalue weighted by Gasteiger charge is -2.10. The third-order valence-electron chi connectivity index (χ3n) is 1.30. The number of hydrogen-bond donors (Lipinski definition) is 0. The second kappa shape index (κ2) is 6.84. The molecule has 0 spiro atoms. The van der Waals surface area contributed by atoms with Crippen LogP contribution in [0.1, 0.15) is 13.8 Å². The van der Waals surface area contributed by atoms with Crippen LogP contribution >= 0.6 is 23.4 Å². The molecule has 80 valence electrons. The highest BCUT2D eigenvalue weighted by molar-refractivity contribution is 8.13. The van der Waals surface area contributed by atoms with E-state index in [2.05, 4.69) is 4.74 Å². The molecule has 0 aromatic heterocycles. The summed E-state index contributed by atoms with van der Waals surface area (Å²) in [5.41, 5.74) is 0. The van der Waals surface area contributed by atoms with Crippen LogP contribution in [0.2, 0.25) is 0 Å². The lowest BCUT2D eigenvalue weighted by molar-refractivity contribution is -0.142. The van der Waals surface area contributed by atoms with E-state index in [1.54, 1.807) is 0 Å². The van der Waals surface area contributed by atoms with Gasteiger partial charge >= 0.3 is 5.97 Å². The largest absolute Gasteiger partial charge is 0.465 e. The monoisotopic (exact) mass is 238 g/mol. The van der Waals surface area contributed by atoms with Gasteiger partial charge in [-0.05, 0) is 11.6 Å². The van der Waals surface area contributed by atoms with Gasteiger partial charge in [-0.3, -0.25) is 14.4 Å². The molecular formula is C8H11ClO4S. The van der Waals surface area contributed by atoms with E-state index in [1.165, 1.54) is 13.8 Å². The van der Waals surface area contributed by atoms with E-state index in [9.17, 15) is 14.4 Å². The Morgan fingerprint density at radius 1 is 1.36 bits per heavy atom. The molecule has 14 heavy (non-hydrogen) atoms. The number of carbonyl (C=O) groups is 3. The summed E-state index contributed by atoms with van der Waals surface area (Å²) in [6.07, 6.45) is 0. The van der Waals surface area contributed by atoms with Crippen molar-refractivity contribution in [3.8, 4) is 0 Å². The molecule has 0 radical (unpaired) electrons. The molecule has 0 saturated carbocycles. The summed E-state index contributed by atoms with van der Waals surface area (Å²) >= 11 is 6.24. The molecule has 6 heteroatoms. The summed E-state index contributed by atoms with van der Waals surface area (Å²) in [5.74, 6) is -0.847. The summed E-state index contributed by atoms with van der Waals surface area (Å²) in [7, 11) is 0. The fourth-order valence-corrected chi connectivity index (χ4v) is 1.53. The van der Waals surface area contributed by atoms with Crippen molar-refractivity contribution in [1.29, 1.82) is 0 Å². The molecule has 0 saturated heterocycles. The highest BCUT2D eigenvalue weighted by Gasteiger charge is 2.18. The lowest BCUT2D eigenvalue weighted by atomic mass is 10.2. The first-order valence-electron chi connectivity index (χ1n) is 3.89. The first-order valence-corrected chi connectivity index (χ1v) is 5.26. The van der Waals surface area contributed by atoms with Gasteiger partial charge < -0.3 is 4.74 Å². The van der Waals surface area contributed by atoms with Crippen LogP contribution in [0.4, 0.5) is 0 Å². The molecule has 0 aliphatic rings. The van der Waals surface area contributed by atoms with Crippen LogP contribution in [-0.4, -0.2) is 28.7 Å². The number of halogens is 1. The molecule has 1 unspecified atom stereocenters. The summed E-state index contributed by atoms with van der Waals surface area (Å²) < 4.78 is 4.63. The standard InChI is InChI=1S/C8H11ClO4S/c1-5(10)13-3-7(8(9)12)4-14-6(2)11/h7H,3-4H2,1-2H3. The molecule has 0 fully saturated rings. The van der Waals surface area contributed by atoms with Crippen molar-refractivity contribution in [2.75, 3.05) is 12.4 Å². The highest BCUT2D eigenvalue weighted by Crippen LogP contribution is 2.13. The predicted molar refractivity (Wildman–Crippen MR) is 54.1 cm³/mol. The maximum atomic E-state index is 10.8. The Bertz CT molecular complexity index is 223. The van der Waals surface area contributed by atoms with Crippen LogP contribution in [0.3, 0.4) is 0 Å². The average Bonchev–Trinajstić information content (AvgIpc) is 2.02. The van der Waals surface area contributed by atoms with Gasteiger partial charge in [0.05, 0.1) is 5.92 Å². The number of ether oxygens (including phenoxy) is 1. The number of thioether (sulfide) groups is 1. The maximum Gasteiger partial charge on any atom is 0.302 e. The van der Waals surface area contributed by atoms with E-state index in [4.69, 9.17) is 11.6 Å². The van der Waals surface area contributed by atoms with Crippen molar-refractivity contribution < 1.29 is 19.1 Å². The molecule has 0 aliphatic carbocycles. The fourth-order valence-electron chi connectivity index (χ4n) is 0.615. The number of carbonyl (C=O) groups excluding carboxylic acids is 3. The molecule has 0 rings (SSSR count). The van der Waals surface area contributed by atoms with Gasteiger partial charge in [0.15, 0.2) is 5.12 Å². The van der Waals surface area contributed by atoms with Gasteiger partial charge in [0.25, 0.3) is 0 Å². The van der Waals surface area contributed by atoms with Crippen molar-refractivity contribution in [2.45, 2.75) is 13.8 Å². The van der Waals surface area contributed by atoms with Gasteiger partial charge in [-0.25, -0.2) is 0 Å². The Labute approximate surface area is 91.3 Å².